The van der Waals surface area contributed by atoms with E-state index in [2.05, 4.69) is 25.9 Å². The summed E-state index contributed by atoms with van der Waals surface area (Å²) >= 11 is 0. The molecule has 0 aliphatic carbocycles. The number of carboxylic acids is 1. The molecule has 4 rings (SSSR count). The first kappa shape index (κ1) is 33.8. The van der Waals surface area contributed by atoms with Crippen molar-refractivity contribution < 1.29 is 33.7 Å². The van der Waals surface area contributed by atoms with Crippen LogP contribution in [0.5, 0.6) is 17.2 Å². The lowest BCUT2D eigenvalue weighted by atomic mass is 9.84. The average Bonchev–Trinajstić information content (AvgIpc) is 3.66. The van der Waals surface area contributed by atoms with Crippen LogP contribution in [0.1, 0.15) is 70.8 Å². The highest BCUT2D eigenvalue weighted by Gasteiger charge is 2.48. The molecule has 0 bridgehead atoms. The number of fused-ring (bicyclic) bond motifs is 1. The van der Waals surface area contributed by atoms with Crippen molar-refractivity contribution in [1.82, 2.24) is 19.6 Å². The van der Waals surface area contributed by atoms with Gasteiger partial charge in [0.05, 0.1) is 19.6 Å². The zero-order valence-corrected chi connectivity index (χ0v) is 27.5. The minimum absolute atomic E-state index is 0.0275. The van der Waals surface area contributed by atoms with Crippen molar-refractivity contribution in [3.63, 3.8) is 0 Å². The summed E-state index contributed by atoms with van der Waals surface area (Å²) in [7, 11) is 5.65. The van der Waals surface area contributed by atoms with E-state index in [9.17, 15) is 19.5 Å². The number of hydrogen-bond acceptors (Lipinski definition) is 8. The highest BCUT2D eigenvalue weighted by molar-refractivity contribution is 5.84. The Morgan fingerprint density at radius 1 is 1.11 bits per heavy atom. The van der Waals surface area contributed by atoms with E-state index >= 15 is 0 Å². The molecular formula is C33H52N4O7. The Balaban J connectivity index is 1.59. The zero-order valence-electron chi connectivity index (χ0n) is 27.5. The molecule has 0 radical (unpaired) electrons. The Morgan fingerprint density at radius 2 is 1.84 bits per heavy atom. The van der Waals surface area contributed by atoms with Gasteiger partial charge in [-0.25, -0.2) is 0 Å². The van der Waals surface area contributed by atoms with Gasteiger partial charge in [0.1, 0.15) is 0 Å². The predicted molar refractivity (Wildman–Crippen MR) is 167 cm³/mol. The zero-order chi connectivity index (χ0) is 32.0. The van der Waals surface area contributed by atoms with E-state index in [1.807, 2.05) is 40.7 Å². The van der Waals surface area contributed by atoms with Gasteiger partial charge in [0.2, 0.25) is 24.4 Å². The molecule has 11 nitrogen and oxygen atoms in total. The fourth-order valence-electron chi connectivity index (χ4n) is 6.82. The second kappa shape index (κ2) is 14.8. The number of ether oxygens (including phenoxy) is 3. The summed E-state index contributed by atoms with van der Waals surface area (Å²) in [6, 6.07) is 3.26. The summed E-state index contributed by atoms with van der Waals surface area (Å²) in [6.45, 7) is 10.1. The molecule has 246 valence electrons. The van der Waals surface area contributed by atoms with Crippen LogP contribution in [0, 0.1) is 11.3 Å². The lowest BCUT2D eigenvalue weighted by Gasteiger charge is -2.31. The topological polar surface area (TPSA) is 112 Å². The molecule has 11 heteroatoms. The number of aliphatic carboxylic acids is 1. The lowest BCUT2D eigenvalue weighted by Crippen LogP contribution is -2.46. The third-order valence-corrected chi connectivity index (χ3v) is 9.47. The quantitative estimate of drug-likeness (QED) is 0.279. The SMILES string of the molecule is CCCCN(CCCCN(C)C)C(=O)CN1CC(c2cc(OC)c3c(c2)OCO3)C(C(=O)O)C1CCN1CCC(C)(C)C1=O. The number of hydrogen-bond donors (Lipinski definition) is 1. The molecule has 1 aromatic rings. The van der Waals surface area contributed by atoms with Gasteiger partial charge in [0.25, 0.3) is 0 Å². The van der Waals surface area contributed by atoms with Gasteiger partial charge in [-0.15, -0.1) is 0 Å². The first-order valence-corrected chi connectivity index (χ1v) is 16.1. The maximum atomic E-state index is 13.9. The minimum atomic E-state index is -0.911. The van der Waals surface area contributed by atoms with Crippen molar-refractivity contribution >= 4 is 17.8 Å². The smallest absolute Gasteiger partial charge is 0.308 e. The lowest BCUT2D eigenvalue weighted by molar-refractivity contribution is -0.144. The molecule has 2 saturated heterocycles. The van der Waals surface area contributed by atoms with Crippen molar-refractivity contribution in [2.75, 3.05) is 73.8 Å². The number of carbonyl (C=O) groups is 3. The monoisotopic (exact) mass is 616 g/mol. The van der Waals surface area contributed by atoms with Crippen LogP contribution in [0.3, 0.4) is 0 Å². The van der Waals surface area contributed by atoms with Crippen LogP contribution >= 0.6 is 0 Å². The van der Waals surface area contributed by atoms with Gasteiger partial charge in [-0.05, 0) is 70.4 Å². The summed E-state index contributed by atoms with van der Waals surface area (Å²) in [4.78, 5) is 47.9. The Kier molecular flexibility index (Phi) is 11.4. The van der Waals surface area contributed by atoms with Gasteiger partial charge in [-0.1, -0.05) is 27.2 Å². The third kappa shape index (κ3) is 7.77. The van der Waals surface area contributed by atoms with Crippen LogP contribution in [-0.4, -0.2) is 122 Å². The molecule has 3 atom stereocenters. The van der Waals surface area contributed by atoms with Gasteiger partial charge in [0, 0.05) is 50.1 Å². The van der Waals surface area contributed by atoms with Gasteiger partial charge in [-0.3, -0.25) is 19.3 Å². The highest BCUT2D eigenvalue weighted by Crippen LogP contribution is 2.47. The summed E-state index contributed by atoms with van der Waals surface area (Å²) in [5, 5.41) is 10.6. The Morgan fingerprint density at radius 3 is 2.48 bits per heavy atom. The molecule has 3 heterocycles. The van der Waals surface area contributed by atoms with Gasteiger partial charge >= 0.3 is 5.97 Å². The van der Waals surface area contributed by atoms with E-state index in [0.29, 0.717) is 56.4 Å². The van der Waals surface area contributed by atoms with Crippen LogP contribution in [0.15, 0.2) is 12.1 Å². The second-order valence-corrected chi connectivity index (χ2v) is 13.4. The Bertz CT molecular complexity index is 1170. The molecule has 1 aromatic carbocycles. The minimum Gasteiger partial charge on any atom is -0.493 e. The summed E-state index contributed by atoms with van der Waals surface area (Å²) in [5.74, 6) is -0.412. The van der Waals surface area contributed by atoms with Gasteiger partial charge < -0.3 is 34.0 Å². The van der Waals surface area contributed by atoms with Crippen molar-refractivity contribution in [3.05, 3.63) is 17.7 Å². The Hall–Kier alpha value is -3.05. The first-order chi connectivity index (χ1) is 21.0. The molecule has 2 fully saturated rings. The number of benzene rings is 1. The molecule has 44 heavy (non-hydrogen) atoms. The highest BCUT2D eigenvalue weighted by atomic mass is 16.7. The Labute approximate surface area is 262 Å². The summed E-state index contributed by atoms with van der Waals surface area (Å²) < 4.78 is 16.8. The molecule has 0 spiro atoms. The number of amides is 2. The van der Waals surface area contributed by atoms with E-state index in [-0.39, 0.29) is 25.2 Å². The molecular weight excluding hydrogens is 564 g/mol. The van der Waals surface area contributed by atoms with Crippen molar-refractivity contribution in [1.29, 1.82) is 0 Å². The molecule has 0 aromatic heterocycles. The van der Waals surface area contributed by atoms with E-state index in [1.54, 1.807) is 7.11 Å². The second-order valence-electron chi connectivity index (χ2n) is 13.4. The van der Waals surface area contributed by atoms with Crippen molar-refractivity contribution in [2.24, 2.45) is 11.3 Å². The summed E-state index contributed by atoms with van der Waals surface area (Å²) in [6.07, 6.45) is 5.09. The molecule has 3 aliphatic heterocycles. The van der Waals surface area contributed by atoms with Crippen LogP contribution in [0.4, 0.5) is 0 Å². The van der Waals surface area contributed by atoms with Crippen molar-refractivity contribution in [3.8, 4) is 17.2 Å². The normalized spacial score (nSPS) is 22.7. The fourth-order valence-corrected chi connectivity index (χ4v) is 6.82. The maximum absolute atomic E-state index is 13.9. The largest absolute Gasteiger partial charge is 0.493 e. The molecule has 1 N–H and O–H groups in total. The number of unbranched alkanes of at least 4 members (excludes halogenated alkanes) is 2. The number of carbonyl (C=O) groups excluding carboxylic acids is 2. The number of likely N-dealkylation sites (tertiary alicyclic amines) is 2. The first-order valence-electron chi connectivity index (χ1n) is 16.1. The van der Waals surface area contributed by atoms with E-state index in [1.165, 1.54) is 0 Å². The fraction of sp³-hybridized carbons (Fsp3) is 0.727. The van der Waals surface area contributed by atoms with E-state index in [4.69, 9.17) is 14.2 Å². The molecule has 0 saturated carbocycles. The third-order valence-electron chi connectivity index (χ3n) is 9.47. The predicted octanol–water partition coefficient (Wildman–Crippen LogP) is 3.51. The van der Waals surface area contributed by atoms with Crippen molar-refractivity contribution in [2.45, 2.75) is 71.3 Å². The number of carboxylic acid groups (broad SMARTS) is 1. The molecule has 3 unspecified atom stereocenters. The standard InChI is InChI=1S/C33H52N4O7/c1-7-8-14-35(15-10-9-13-34(4)5)28(38)21-37-20-24(23-18-26(42-6)30-27(19-23)43-22-44-30)29(31(39)40)25(37)11-16-36-17-12-33(2,3)32(36)41/h18-19,24-25,29H,7-17,20-22H2,1-6H3,(H,39,40). The van der Waals surface area contributed by atoms with Crippen LogP contribution in [0.2, 0.25) is 0 Å². The average molecular weight is 617 g/mol. The molecule has 2 amide bonds. The van der Waals surface area contributed by atoms with Gasteiger partial charge in [-0.2, -0.15) is 0 Å². The number of nitrogens with zero attached hydrogens (tertiary/aromatic N) is 4. The molecule has 3 aliphatic rings. The number of rotatable bonds is 16. The van der Waals surface area contributed by atoms with E-state index < -0.39 is 29.3 Å². The van der Waals surface area contributed by atoms with Crippen LogP contribution in [0.25, 0.3) is 0 Å². The maximum Gasteiger partial charge on any atom is 0.308 e. The van der Waals surface area contributed by atoms with Crippen LogP contribution < -0.4 is 14.2 Å². The number of methoxy groups -OCH3 is 1. The van der Waals surface area contributed by atoms with E-state index in [0.717, 1.165) is 44.2 Å². The summed E-state index contributed by atoms with van der Waals surface area (Å²) in [5.41, 5.74) is 0.374. The van der Waals surface area contributed by atoms with Gasteiger partial charge in [0.15, 0.2) is 11.5 Å². The van der Waals surface area contributed by atoms with Crippen LogP contribution in [-0.2, 0) is 14.4 Å².